The van der Waals surface area contributed by atoms with Crippen LogP contribution in [0, 0.1) is 11.8 Å². The van der Waals surface area contributed by atoms with Crippen LogP contribution in [0.2, 0.25) is 0 Å². The van der Waals surface area contributed by atoms with Gasteiger partial charge in [-0.3, -0.25) is 0 Å². The lowest BCUT2D eigenvalue weighted by Crippen LogP contribution is -2.14. The van der Waals surface area contributed by atoms with Gasteiger partial charge in [-0.2, -0.15) is 0 Å². The average molecular weight is 152 g/mol. The summed E-state index contributed by atoms with van der Waals surface area (Å²) in [6, 6.07) is 0. The van der Waals surface area contributed by atoms with E-state index in [1.165, 1.54) is 38.5 Å². The molecule has 1 aliphatic rings. The topological polar surface area (TPSA) is 0 Å². The lowest BCUT2D eigenvalue weighted by Gasteiger charge is -2.26. The van der Waals surface area contributed by atoms with Crippen LogP contribution in [0.1, 0.15) is 45.4 Å². The third-order valence-electron chi connectivity index (χ3n) is 2.99. The average Bonchev–Trinajstić information content (AvgIpc) is 2.07. The van der Waals surface area contributed by atoms with Crippen molar-refractivity contribution < 1.29 is 0 Å². The highest BCUT2D eigenvalue weighted by Crippen LogP contribution is 2.31. The summed E-state index contributed by atoms with van der Waals surface area (Å²) in [6.07, 6.45) is 10.6. The highest BCUT2D eigenvalue weighted by atomic mass is 14.2. The minimum Gasteiger partial charge on any atom is -0.103 e. The summed E-state index contributed by atoms with van der Waals surface area (Å²) in [6.45, 7) is 6.17. The molecule has 0 nitrogen and oxygen atoms in total. The minimum absolute atomic E-state index is 0.882. The molecule has 0 heteroatoms. The van der Waals surface area contributed by atoms with Gasteiger partial charge in [0.1, 0.15) is 0 Å². The zero-order valence-corrected chi connectivity index (χ0v) is 7.68. The molecule has 1 rings (SSSR count). The summed E-state index contributed by atoms with van der Waals surface area (Å²) in [5.74, 6) is 1.88. The first-order valence-electron chi connectivity index (χ1n) is 4.95. The maximum atomic E-state index is 3.80. The van der Waals surface area contributed by atoms with E-state index in [1.807, 2.05) is 0 Å². The number of hydrogen-bond acceptors (Lipinski definition) is 0. The molecule has 0 radical (unpaired) electrons. The molecule has 0 aliphatic heterocycles. The predicted octanol–water partition coefficient (Wildman–Crippen LogP) is 3.78. The lowest BCUT2D eigenvalue weighted by atomic mass is 9.79. The van der Waals surface area contributed by atoms with Gasteiger partial charge in [0.2, 0.25) is 0 Å². The minimum atomic E-state index is 0.882. The van der Waals surface area contributed by atoms with Gasteiger partial charge in [0.05, 0.1) is 0 Å². The van der Waals surface area contributed by atoms with Gasteiger partial charge in [-0.1, -0.05) is 45.1 Å². The smallest absolute Gasteiger partial charge is 0.0325 e. The summed E-state index contributed by atoms with van der Waals surface area (Å²) >= 11 is 0. The molecule has 64 valence electrons. The van der Waals surface area contributed by atoms with Crippen LogP contribution in [0.3, 0.4) is 0 Å². The summed E-state index contributed by atoms with van der Waals surface area (Å²) in [4.78, 5) is 0. The van der Waals surface area contributed by atoms with Crippen molar-refractivity contribution in [2.24, 2.45) is 11.8 Å². The van der Waals surface area contributed by atoms with Gasteiger partial charge >= 0.3 is 0 Å². The Labute approximate surface area is 70.7 Å². The molecule has 1 saturated carbocycles. The number of allylic oxidation sites excluding steroid dienone is 1. The van der Waals surface area contributed by atoms with Crippen LogP contribution in [-0.4, -0.2) is 0 Å². The fourth-order valence-corrected chi connectivity index (χ4v) is 2.16. The van der Waals surface area contributed by atoms with Gasteiger partial charge < -0.3 is 0 Å². The molecule has 0 aromatic heterocycles. The van der Waals surface area contributed by atoms with E-state index < -0.39 is 0 Å². The Hall–Kier alpha value is -0.260. The van der Waals surface area contributed by atoms with E-state index in [4.69, 9.17) is 0 Å². The normalized spacial score (nSPS) is 23.0. The van der Waals surface area contributed by atoms with E-state index >= 15 is 0 Å². The standard InChI is InChI=1S/C11H20/c1-3-7-10(2)11-8-5-4-6-9-11/h3,10-11H,1,4-9H2,2H3. The maximum Gasteiger partial charge on any atom is -0.0325 e. The number of hydrogen-bond donors (Lipinski definition) is 0. The molecule has 1 unspecified atom stereocenters. The number of rotatable bonds is 3. The van der Waals surface area contributed by atoms with Gasteiger partial charge in [-0.15, -0.1) is 6.58 Å². The Morgan fingerprint density at radius 3 is 2.55 bits per heavy atom. The van der Waals surface area contributed by atoms with Gasteiger partial charge in [0, 0.05) is 0 Å². The van der Waals surface area contributed by atoms with Crippen molar-refractivity contribution in [1.82, 2.24) is 0 Å². The molecule has 0 saturated heterocycles. The second-order valence-electron chi connectivity index (χ2n) is 3.90. The Morgan fingerprint density at radius 2 is 2.00 bits per heavy atom. The Bertz CT molecular complexity index is 109. The van der Waals surface area contributed by atoms with Crippen molar-refractivity contribution in [3.63, 3.8) is 0 Å². The summed E-state index contributed by atoms with van der Waals surface area (Å²) < 4.78 is 0. The molecule has 0 aromatic carbocycles. The molecule has 1 aliphatic carbocycles. The summed E-state index contributed by atoms with van der Waals surface area (Å²) in [5, 5.41) is 0. The van der Waals surface area contributed by atoms with Crippen LogP contribution in [0.4, 0.5) is 0 Å². The van der Waals surface area contributed by atoms with Crippen LogP contribution in [0.15, 0.2) is 12.7 Å². The van der Waals surface area contributed by atoms with Gasteiger partial charge in [0.15, 0.2) is 0 Å². The van der Waals surface area contributed by atoms with E-state index in [-0.39, 0.29) is 0 Å². The monoisotopic (exact) mass is 152 g/mol. The highest BCUT2D eigenvalue weighted by molar-refractivity contribution is 4.77. The molecule has 1 atom stereocenters. The maximum absolute atomic E-state index is 3.80. The van der Waals surface area contributed by atoms with E-state index in [9.17, 15) is 0 Å². The second-order valence-corrected chi connectivity index (χ2v) is 3.90. The largest absolute Gasteiger partial charge is 0.103 e. The molecular weight excluding hydrogens is 132 g/mol. The molecule has 0 heterocycles. The first-order chi connectivity index (χ1) is 5.34. The Morgan fingerprint density at radius 1 is 1.36 bits per heavy atom. The zero-order valence-electron chi connectivity index (χ0n) is 7.68. The predicted molar refractivity (Wildman–Crippen MR) is 50.6 cm³/mol. The molecule has 1 fully saturated rings. The first-order valence-corrected chi connectivity index (χ1v) is 4.95. The molecule has 0 aromatic rings. The van der Waals surface area contributed by atoms with Crippen LogP contribution < -0.4 is 0 Å². The van der Waals surface area contributed by atoms with Crippen molar-refractivity contribution in [3.05, 3.63) is 12.7 Å². The van der Waals surface area contributed by atoms with Crippen LogP contribution >= 0.6 is 0 Å². The fourth-order valence-electron chi connectivity index (χ4n) is 2.16. The van der Waals surface area contributed by atoms with E-state index in [2.05, 4.69) is 19.6 Å². The molecular formula is C11H20. The molecule has 0 bridgehead atoms. The molecule has 0 N–H and O–H groups in total. The van der Waals surface area contributed by atoms with Crippen molar-refractivity contribution >= 4 is 0 Å². The van der Waals surface area contributed by atoms with E-state index in [0.29, 0.717) is 0 Å². The zero-order chi connectivity index (χ0) is 8.10. The van der Waals surface area contributed by atoms with E-state index in [0.717, 1.165) is 11.8 Å². The second kappa shape index (κ2) is 4.58. The SMILES string of the molecule is C=CCC(C)C1CCCCC1. The van der Waals surface area contributed by atoms with Crippen molar-refractivity contribution in [1.29, 1.82) is 0 Å². The van der Waals surface area contributed by atoms with Gasteiger partial charge in [0.25, 0.3) is 0 Å². The van der Waals surface area contributed by atoms with E-state index in [1.54, 1.807) is 0 Å². The van der Waals surface area contributed by atoms with Crippen molar-refractivity contribution in [3.8, 4) is 0 Å². The van der Waals surface area contributed by atoms with Crippen molar-refractivity contribution in [2.75, 3.05) is 0 Å². The quantitative estimate of drug-likeness (QED) is 0.540. The van der Waals surface area contributed by atoms with Crippen LogP contribution in [0.5, 0.6) is 0 Å². The molecule has 11 heavy (non-hydrogen) atoms. The first kappa shape index (κ1) is 8.83. The third-order valence-corrected chi connectivity index (χ3v) is 2.99. The fraction of sp³-hybridized carbons (Fsp3) is 0.818. The van der Waals surface area contributed by atoms with Crippen LogP contribution in [0.25, 0.3) is 0 Å². The van der Waals surface area contributed by atoms with Crippen LogP contribution in [-0.2, 0) is 0 Å². The molecule has 0 amide bonds. The Kier molecular flexibility index (Phi) is 3.68. The summed E-state index contributed by atoms with van der Waals surface area (Å²) in [5.41, 5.74) is 0. The Balaban J connectivity index is 2.26. The van der Waals surface area contributed by atoms with Gasteiger partial charge in [-0.05, 0) is 18.3 Å². The lowest BCUT2D eigenvalue weighted by molar-refractivity contribution is 0.265. The highest BCUT2D eigenvalue weighted by Gasteiger charge is 2.18. The van der Waals surface area contributed by atoms with Gasteiger partial charge in [-0.25, -0.2) is 0 Å². The molecule has 0 spiro atoms. The third kappa shape index (κ3) is 2.69. The van der Waals surface area contributed by atoms with Crippen molar-refractivity contribution in [2.45, 2.75) is 45.4 Å². The summed E-state index contributed by atoms with van der Waals surface area (Å²) in [7, 11) is 0.